The summed E-state index contributed by atoms with van der Waals surface area (Å²) in [6.07, 6.45) is 0.175. The van der Waals surface area contributed by atoms with Gasteiger partial charge in [-0.2, -0.15) is 0 Å². The van der Waals surface area contributed by atoms with Gasteiger partial charge >= 0.3 is 17.9 Å². The predicted octanol–water partition coefficient (Wildman–Crippen LogP) is 3.91. The zero-order valence-corrected chi connectivity index (χ0v) is 23.9. The molecule has 1 aliphatic heterocycles. The lowest BCUT2D eigenvalue weighted by atomic mass is 10.1. The maximum Gasteiger partial charge on any atom is 0.328 e. The van der Waals surface area contributed by atoms with E-state index in [1.165, 1.54) is 6.92 Å². The molecule has 0 bridgehead atoms. The Labute approximate surface area is 237 Å². The second-order valence-corrected chi connectivity index (χ2v) is 10.1. The summed E-state index contributed by atoms with van der Waals surface area (Å²) in [6.45, 7) is 4.50. The summed E-state index contributed by atoms with van der Waals surface area (Å²) in [5.41, 5.74) is 2.78. The lowest BCUT2D eigenvalue weighted by Crippen LogP contribution is -2.43. The molecule has 0 saturated heterocycles. The Bertz CT molecular complexity index is 1230. The van der Waals surface area contributed by atoms with Crippen molar-refractivity contribution in [1.29, 1.82) is 0 Å². The van der Waals surface area contributed by atoms with Crippen molar-refractivity contribution in [1.82, 2.24) is 9.80 Å². The number of carbonyl (C=O) groups is 4. The third-order valence-electron chi connectivity index (χ3n) is 5.68. The molecule has 214 valence electrons. The molecule has 0 saturated carbocycles. The summed E-state index contributed by atoms with van der Waals surface area (Å²) in [5, 5.41) is 15.2. The van der Waals surface area contributed by atoms with Crippen LogP contribution in [0.3, 0.4) is 0 Å². The SMILES string of the molecule is COc1ccc([C@H]2SC(c3ccccc3)=C(C)N(CCN(C)C)C(=O)[C@H]2OC(C)=O)cc1.O=C(O)/C=C/C(=O)O. The number of likely N-dealkylation sites (N-methyl/N-ethyl adjacent to an activating group) is 1. The quantitative estimate of drug-likeness (QED) is 0.338. The molecule has 1 heterocycles. The fourth-order valence-corrected chi connectivity index (χ4v) is 5.15. The highest BCUT2D eigenvalue weighted by molar-refractivity contribution is 8.08. The number of ether oxygens (including phenoxy) is 2. The van der Waals surface area contributed by atoms with Gasteiger partial charge in [-0.25, -0.2) is 9.59 Å². The normalized spacial score (nSPS) is 17.2. The minimum Gasteiger partial charge on any atom is -0.497 e. The van der Waals surface area contributed by atoms with E-state index in [1.807, 2.05) is 80.5 Å². The van der Waals surface area contributed by atoms with E-state index in [-0.39, 0.29) is 5.91 Å². The maximum atomic E-state index is 13.7. The first-order valence-electron chi connectivity index (χ1n) is 12.3. The molecule has 0 fully saturated rings. The van der Waals surface area contributed by atoms with Gasteiger partial charge in [0.05, 0.1) is 12.4 Å². The average Bonchev–Trinajstić information content (AvgIpc) is 3.01. The lowest BCUT2D eigenvalue weighted by molar-refractivity contribution is -0.157. The van der Waals surface area contributed by atoms with Crippen molar-refractivity contribution < 1.29 is 38.9 Å². The number of carbonyl (C=O) groups excluding carboxylic acids is 2. The first kappa shape index (κ1) is 32.1. The van der Waals surface area contributed by atoms with Gasteiger partial charge in [-0.1, -0.05) is 42.5 Å². The van der Waals surface area contributed by atoms with Crippen LogP contribution in [0.15, 0.2) is 72.4 Å². The van der Waals surface area contributed by atoms with Gasteiger partial charge in [0.1, 0.15) is 5.75 Å². The number of hydrogen-bond acceptors (Lipinski definition) is 8. The molecule has 0 radical (unpaired) electrons. The number of esters is 1. The molecule has 2 aromatic rings. The maximum absolute atomic E-state index is 13.7. The number of hydrogen-bond donors (Lipinski definition) is 2. The molecule has 1 amide bonds. The van der Waals surface area contributed by atoms with Gasteiger partial charge in [0.25, 0.3) is 5.91 Å². The van der Waals surface area contributed by atoms with E-state index in [0.717, 1.165) is 27.5 Å². The lowest BCUT2D eigenvalue weighted by Gasteiger charge is -2.29. The van der Waals surface area contributed by atoms with Crippen molar-refractivity contribution in [3.8, 4) is 5.75 Å². The number of aliphatic carboxylic acids is 2. The summed E-state index contributed by atoms with van der Waals surface area (Å²) < 4.78 is 10.9. The van der Waals surface area contributed by atoms with Crippen LogP contribution in [0.1, 0.15) is 30.2 Å². The number of thioether (sulfide) groups is 1. The van der Waals surface area contributed by atoms with Crippen LogP contribution in [-0.2, 0) is 23.9 Å². The Morgan fingerprint density at radius 3 is 2.05 bits per heavy atom. The average molecular weight is 571 g/mol. The minimum absolute atomic E-state index is 0.209. The van der Waals surface area contributed by atoms with Crippen molar-refractivity contribution in [3.63, 3.8) is 0 Å². The van der Waals surface area contributed by atoms with E-state index in [4.69, 9.17) is 19.7 Å². The van der Waals surface area contributed by atoms with Crippen LogP contribution in [0.25, 0.3) is 4.91 Å². The Kier molecular flexibility index (Phi) is 12.4. The third kappa shape index (κ3) is 9.58. The molecule has 0 unspecified atom stereocenters. The van der Waals surface area contributed by atoms with E-state index in [9.17, 15) is 19.2 Å². The van der Waals surface area contributed by atoms with Crippen molar-refractivity contribution >= 4 is 40.5 Å². The van der Waals surface area contributed by atoms with Crippen LogP contribution < -0.4 is 4.74 Å². The Balaban J connectivity index is 0.000000611. The molecule has 1 aliphatic rings. The molecule has 3 rings (SSSR count). The van der Waals surface area contributed by atoms with Gasteiger partial charge in [-0.05, 0) is 44.3 Å². The fourth-order valence-electron chi connectivity index (χ4n) is 3.76. The highest BCUT2D eigenvalue weighted by Crippen LogP contribution is 2.48. The molecule has 11 heteroatoms. The van der Waals surface area contributed by atoms with E-state index in [1.54, 1.807) is 23.8 Å². The molecule has 2 aromatic carbocycles. The number of carboxylic acids is 2. The summed E-state index contributed by atoms with van der Waals surface area (Å²) in [6, 6.07) is 17.6. The second kappa shape index (κ2) is 15.5. The molecule has 0 aliphatic carbocycles. The van der Waals surface area contributed by atoms with Crippen LogP contribution >= 0.6 is 11.8 Å². The molecule has 2 N–H and O–H groups in total. The monoisotopic (exact) mass is 570 g/mol. The van der Waals surface area contributed by atoms with Crippen LogP contribution in [0.4, 0.5) is 0 Å². The van der Waals surface area contributed by atoms with Gasteiger partial charge in [0.15, 0.2) is 6.10 Å². The molecule has 0 spiro atoms. The number of carboxylic acid groups (broad SMARTS) is 2. The first-order chi connectivity index (χ1) is 18.9. The number of amides is 1. The first-order valence-corrected chi connectivity index (χ1v) is 13.2. The molecular formula is C29H34N2O8S. The van der Waals surface area contributed by atoms with Gasteiger partial charge in [-0.15, -0.1) is 11.8 Å². The number of rotatable bonds is 9. The van der Waals surface area contributed by atoms with Crippen LogP contribution in [0.5, 0.6) is 5.75 Å². The highest BCUT2D eigenvalue weighted by atomic mass is 32.2. The van der Waals surface area contributed by atoms with Gasteiger partial charge in [0, 0.05) is 42.8 Å². The summed E-state index contributed by atoms with van der Waals surface area (Å²) >= 11 is 1.56. The zero-order valence-electron chi connectivity index (χ0n) is 23.1. The van der Waals surface area contributed by atoms with Crippen molar-refractivity contribution in [2.75, 3.05) is 34.3 Å². The summed E-state index contributed by atoms with van der Waals surface area (Å²) in [7, 11) is 5.55. The number of methoxy groups -OCH3 is 1. The van der Waals surface area contributed by atoms with Crippen LogP contribution in [0.2, 0.25) is 0 Å². The molecular weight excluding hydrogens is 536 g/mol. The smallest absolute Gasteiger partial charge is 0.328 e. The molecule has 10 nitrogen and oxygen atoms in total. The highest BCUT2D eigenvalue weighted by Gasteiger charge is 2.41. The predicted molar refractivity (Wildman–Crippen MR) is 153 cm³/mol. The van der Waals surface area contributed by atoms with E-state index in [2.05, 4.69) is 0 Å². The fraction of sp³-hybridized carbons (Fsp3) is 0.310. The second-order valence-electron chi connectivity index (χ2n) is 8.93. The minimum atomic E-state index is -1.26. The van der Waals surface area contributed by atoms with Crippen molar-refractivity contribution in [2.24, 2.45) is 0 Å². The topological polar surface area (TPSA) is 134 Å². The number of benzene rings is 2. The van der Waals surface area contributed by atoms with Gasteiger partial charge in [0.2, 0.25) is 0 Å². The van der Waals surface area contributed by atoms with Crippen molar-refractivity contribution in [3.05, 3.63) is 83.6 Å². The molecule has 0 aromatic heterocycles. The van der Waals surface area contributed by atoms with Crippen LogP contribution in [0, 0.1) is 0 Å². The largest absolute Gasteiger partial charge is 0.497 e. The van der Waals surface area contributed by atoms with E-state index >= 15 is 0 Å². The molecule has 2 atom stereocenters. The molecule has 40 heavy (non-hydrogen) atoms. The Morgan fingerprint density at radius 2 is 1.57 bits per heavy atom. The number of nitrogens with zero attached hydrogens (tertiary/aromatic N) is 2. The summed E-state index contributed by atoms with van der Waals surface area (Å²) in [5.74, 6) is -2.47. The Hall–Kier alpha value is -4.09. The summed E-state index contributed by atoms with van der Waals surface area (Å²) in [4.78, 5) is 49.6. The third-order valence-corrected chi connectivity index (χ3v) is 7.22. The van der Waals surface area contributed by atoms with Gasteiger partial charge in [-0.3, -0.25) is 9.59 Å². The van der Waals surface area contributed by atoms with Crippen LogP contribution in [-0.4, -0.2) is 84.2 Å². The number of allylic oxidation sites excluding steroid dienone is 1. The zero-order chi connectivity index (χ0) is 29.8. The van der Waals surface area contributed by atoms with Crippen molar-refractivity contribution in [2.45, 2.75) is 25.2 Å². The van der Waals surface area contributed by atoms with Gasteiger partial charge < -0.3 is 29.5 Å². The van der Waals surface area contributed by atoms with E-state index < -0.39 is 29.3 Å². The Morgan fingerprint density at radius 1 is 1.00 bits per heavy atom. The van der Waals surface area contributed by atoms with E-state index in [0.29, 0.717) is 25.2 Å². The standard InChI is InChI=1S/C25H30N2O4S.C4H4O4/c1-17-23(19-9-7-6-8-10-19)32-24(20-11-13-21(30-5)14-12-20)22(31-18(2)28)25(29)27(17)16-15-26(3)4;5-3(6)1-2-4(7)8/h6-14,22,24H,15-16H2,1-5H3;1-2H,(H,5,6)(H,7,8)/b;2-1+/t22-,24+;/m0./s1.